The van der Waals surface area contributed by atoms with E-state index in [0.29, 0.717) is 25.1 Å². The SMILES string of the molecule is CCOC(=O)CCCNC(N)=NCc1ccc(OC(F)(F)F)cc1. The summed E-state index contributed by atoms with van der Waals surface area (Å²) in [7, 11) is 0. The van der Waals surface area contributed by atoms with Gasteiger partial charge in [0.05, 0.1) is 13.2 Å². The molecule has 0 amide bonds. The summed E-state index contributed by atoms with van der Waals surface area (Å²) < 4.78 is 44.7. The van der Waals surface area contributed by atoms with E-state index in [1.54, 1.807) is 6.92 Å². The van der Waals surface area contributed by atoms with E-state index in [0.717, 1.165) is 0 Å². The van der Waals surface area contributed by atoms with Crippen molar-refractivity contribution >= 4 is 11.9 Å². The fourth-order valence-corrected chi connectivity index (χ4v) is 1.71. The summed E-state index contributed by atoms with van der Waals surface area (Å²) in [5, 5.41) is 2.84. The average molecular weight is 347 g/mol. The maximum absolute atomic E-state index is 12.0. The number of carbonyl (C=O) groups excluding carboxylic acids is 1. The number of nitrogens with zero attached hydrogens (tertiary/aromatic N) is 1. The van der Waals surface area contributed by atoms with Crippen molar-refractivity contribution in [2.75, 3.05) is 13.2 Å². The summed E-state index contributed by atoms with van der Waals surface area (Å²) in [6.07, 6.45) is -3.87. The third-order valence-corrected chi connectivity index (χ3v) is 2.76. The summed E-state index contributed by atoms with van der Waals surface area (Å²) in [5.74, 6) is -0.370. The average Bonchev–Trinajstić information content (AvgIpc) is 2.50. The highest BCUT2D eigenvalue weighted by molar-refractivity contribution is 5.77. The van der Waals surface area contributed by atoms with Gasteiger partial charge in [-0.15, -0.1) is 13.2 Å². The molecule has 9 heteroatoms. The lowest BCUT2D eigenvalue weighted by molar-refractivity contribution is -0.274. The first-order valence-corrected chi connectivity index (χ1v) is 7.34. The van der Waals surface area contributed by atoms with Crippen LogP contribution in [0.2, 0.25) is 0 Å². The van der Waals surface area contributed by atoms with Gasteiger partial charge < -0.3 is 20.5 Å². The predicted molar refractivity (Wildman–Crippen MR) is 82.3 cm³/mol. The maximum Gasteiger partial charge on any atom is 0.573 e. The van der Waals surface area contributed by atoms with Crippen LogP contribution >= 0.6 is 0 Å². The Hall–Kier alpha value is -2.45. The number of benzene rings is 1. The second-order valence-electron chi connectivity index (χ2n) is 4.73. The van der Waals surface area contributed by atoms with Gasteiger partial charge >= 0.3 is 12.3 Å². The lowest BCUT2D eigenvalue weighted by Crippen LogP contribution is -2.32. The predicted octanol–water partition coefficient (Wildman–Crippen LogP) is 2.33. The third kappa shape index (κ3) is 8.86. The van der Waals surface area contributed by atoms with E-state index < -0.39 is 6.36 Å². The minimum Gasteiger partial charge on any atom is -0.466 e. The minimum absolute atomic E-state index is 0.189. The molecule has 0 aliphatic carbocycles. The van der Waals surface area contributed by atoms with Gasteiger partial charge in [-0.3, -0.25) is 4.79 Å². The highest BCUT2D eigenvalue weighted by Gasteiger charge is 2.30. The molecule has 6 nitrogen and oxygen atoms in total. The second kappa shape index (κ2) is 9.64. The number of hydrogen-bond acceptors (Lipinski definition) is 4. The summed E-state index contributed by atoms with van der Waals surface area (Å²) in [6, 6.07) is 5.36. The molecule has 1 aromatic rings. The highest BCUT2D eigenvalue weighted by atomic mass is 19.4. The van der Waals surface area contributed by atoms with E-state index in [1.165, 1.54) is 24.3 Å². The number of nitrogens with two attached hydrogens (primary N) is 1. The van der Waals surface area contributed by atoms with Crippen LogP contribution in [0.15, 0.2) is 29.3 Å². The molecule has 0 spiro atoms. The molecule has 24 heavy (non-hydrogen) atoms. The third-order valence-electron chi connectivity index (χ3n) is 2.76. The van der Waals surface area contributed by atoms with E-state index in [-0.39, 0.29) is 30.6 Å². The number of ether oxygens (including phenoxy) is 2. The van der Waals surface area contributed by atoms with Gasteiger partial charge in [0.1, 0.15) is 5.75 Å². The Labute approximate surface area is 137 Å². The van der Waals surface area contributed by atoms with Gasteiger partial charge in [0.15, 0.2) is 5.96 Å². The van der Waals surface area contributed by atoms with Crippen molar-refractivity contribution in [1.82, 2.24) is 5.32 Å². The highest BCUT2D eigenvalue weighted by Crippen LogP contribution is 2.22. The Morgan fingerprint density at radius 1 is 1.29 bits per heavy atom. The van der Waals surface area contributed by atoms with Crippen LogP contribution in [0.5, 0.6) is 5.75 Å². The first kappa shape index (κ1) is 19.6. The Morgan fingerprint density at radius 3 is 2.54 bits per heavy atom. The molecule has 0 aliphatic heterocycles. The smallest absolute Gasteiger partial charge is 0.466 e. The van der Waals surface area contributed by atoms with Crippen LogP contribution in [0.25, 0.3) is 0 Å². The van der Waals surface area contributed by atoms with Crippen LogP contribution in [0.3, 0.4) is 0 Å². The molecule has 0 aliphatic rings. The molecule has 0 unspecified atom stereocenters. The summed E-state index contributed by atoms with van der Waals surface area (Å²) in [5.41, 5.74) is 6.34. The van der Waals surface area contributed by atoms with Gasteiger partial charge in [0, 0.05) is 13.0 Å². The van der Waals surface area contributed by atoms with Gasteiger partial charge in [0.2, 0.25) is 0 Å². The molecule has 0 saturated heterocycles. The number of esters is 1. The van der Waals surface area contributed by atoms with Crippen LogP contribution in [-0.4, -0.2) is 31.4 Å². The monoisotopic (exact) mass is 347 g/mol. The number of hydrogen-bond donors (Lipinski definition) is 2. The minimum atomic E-state index is -4.71. The lowest BCUT2D eigenvalue weighted by Gasteiger charge is -2.09. The van der Waals surface area contributed by atoms with Gasteiger partial charge in [-0.1, -0.05) is 12.1 Å². The maximum atomic E-state index is 12.0. The van der Waals surface area contributed by atoms with Gasteiger partial charge in [-0.2, -0.15) is 0 Å². The molecular weight excluding hydrogens is 327 g/mol. The molecule has 134 valence electrons. The number of rotatable bonds is 8. The van der Waals surface area contributed by atoms with Crippen molar-refractivity contribution in [1.29, 1.82) is 0 Å². The number of nitrogens with one attached hydrogen (secondary N) is 1. The Balaban J connectivity index is 2.33. The fourth-order valence-electron chi connectivity index (χ4n) is 1.71. The molecule has 1 rings (SSSR count). The summed E-state index contributed by atoms with van der Waals surface area (Å²) in [6.45, 7) is 2.76. The van der Waals surface area contributed by atoms with E-state index in [9.17, 15) is 18.0 Å². The molecule has 0 saturated carbocycles. The molecule has 0 radical (unpaired) electrons. The van der Waals surface area contributed by atoms with Crippen LogP contribution in [0, 0.1) is 0 Å². The first-order valence-electron chi connectivity index (χ1n) is 7.34. The normalized spacial score (nSPS) is 11.9. The van der Waals surface area contributed by atoms with Crippen molar-refractivity contribution in [2.24, 2.45) is 10.7 Å². The van der Waals surface area contributed by atoms with E-state index in [4.69, 9.17) is 10.5 Å². The summed E-state index contributed by atoms with van der Waals surface area (Å²) >= 11 is 0. The van der Waals surface area contributed by atoms with Crippen LogP contribution in [0.4, 0.5) is 13.2 Å². The van der Waals surface area contributed by atoms with E-state index in [1.807, 2.05) is 0 Å². The zero-order valence-corrected chi connectivity index (χ0v) is 13.2. The quantitative estimate of drug-likeness (QED) is 0.326. The zero-order chi connectivity index (χ0) is 18.0. The fraction of sp³-hybridized carbons (Fsp3) is 0.467. The Kier molecular flexibility index (Phi) is 7.87. The second-order valence-corrected chi connectivity index (χ2v) is 4.73. The first-order chi connectivity index (χ1) is 11.3. The molecule has 0 bridgehead atoms. The summed E-state index contributed by atoms with van der Waals surface area (Å²) in [4.78, 5) is 15.2. The Morgan fingerprint density at radius 2 is 1.96 bits per heavy atom. The molecule has 0 fully saturated rings. The van der Waals surface area contributed by atoms with Gasteiger partial charge in [0.25, 0.3) is 0 Å². The number of halogens is 3. The number of carbonyl (C=O) groups is 1. The number of guanidine groups is 1. The zero-order valence-electron chi connectivity index (χ0n) is 13.2. The van der Waals surface area contributed by atoms with Crippen LogP contribution in [-0.2, 0) is 16.1 Å². The number of alkyl halides is 3. The van der Waals surface area contributed by atoms with Crippen LogP contribution in [0.1, 0.15) is 25.3 Å². The van der Waals surface area contributed by atoms with Crippen molar-refractivity contribution in [3.05, 3.63) is 29.8 Å². The lowest BCUT2D eigenvalue weighted by atomic mass is 10.2. The largest absolute Gasteiger partial charge is 0.573 e. The molecular formula is C15H20F3N3O3. The van der Waals surface area contributed by atoms with Gasteiger partial charge in [-0.05, 0) is 31.0 Å². The molecule has 0 atom stereocenters. The number of aliphatic imine (C=N–C) groups is 1. The van der Waals surface area contributed by atoms with Gasteiger partial charge in [-0.25, -0.2) is 4.99 Å². The topological polar surface area (TPSA) is 85.9 Å². The van der Waals surface area contributed by atoms with Crippen molar-refractivity contribution in [2.45, 2.75) is 32.7 Å². The standard InChI is InChI=1S/C15H20F3N3O3/c1-2-23-13(22)4-3-9-20-14(19)21-10-11-5-7-12(8-6-11)24-15(16,17)18/h5-8H,2-4,9-10H2,1H3,(H3,19,20,21). The van der Waals surface area contributed by atoms with Crippen molar-refractivity contribution in [3.8, 4) is 5.75 Å². The molecule has 1 aromatic carbocycles. The van der Waals surface area contributed by atoms with E-state index >= 15 is 0 Å². The molecule has 3 N–H and O–H groups in total. The van der Waals surface area contributed by atoms with Crippen LogP contribution < -0.4 is 15.8 Å². The molecule has 0 aromatic heterocycles. The van der Waals surface area contributed by atoms with E-state index in [2.05, 4.69) is 15.0 Å². The molecule has 0 heterocycles. The van der Waals surface area contributed by atoms with Crippen molar-refractivity contribution in [3.63, 3.8) is 0 Å². The Bertz CT molecular complexity index is 545. The van der Waals surface area contributed by atoms with Crippen molar-refractivity contribution < 1.29 is 27.4 Å².